The summed E-state index contributed by atoms with van der Waals surface area (Å²) in [5, 5.41) is 9.93. The minimum Gasteiger partial charge on any atom is -0.321 e. The first-order valence-electron chi connectivity index (χ1n) is 11.9. The van der Waals surface area contributed by atoms with E-state index in [0.29, 0.717) is 11.3 Å². The molecule has 0 heterocycles. The van der Waals surface area contributed by atoms with E-state index in [1.165, 1.54) is 0 Å². The highest BCUT2D eigenvalue weighted by Crippen LogP contribution is 2.30. The van der Waals surface area contributed by atoms with Crippen molar-refractivity contribution in [2.75, 3.05) is 5.32 Å². The zero-order valence-corrected chi connectivity index (χ0v) is 20.2. The minimum atomic E-state index is -0.392. The Hall–Kier alpha value is -4.70. The Balaban J connectivity index is 1.62. The van der Waals surface area contributed by atoms with Gasteiger partial charge in [-0.2, -0.15) is 0 Å². The molecule has 4 heteroatoms. The summed E-state index contributed by atoms with van der Waals surface area (Å²) in [4.78, 5) is 26.7. The molecule has 0 fully saturated rings. The van der Waals surface area contributed by atoms with Gasteiger partial charge in [0.15, 0.2) is 0 Å². The molecule has 0 aliphatic heterocycles. The number of nitrogens with one attached hydrogen (secondary N) is 2. The summed E-state index contributed by atoms with van der Waals surface area (Å²) in [7, 11) is 0. The third-order valence-electron chi connectivity index (χ3n) is 6.22. The molecule has 36 heavy (non-hydrogen) atoms. The molecule has 0 atom stereocenters. The van der Waals surface area contributed by atoms with Crippen molar-refractivity contribution in [3.8, 4) is 0 Å². The Morgan fingerprint density at radius 3 is 1.78 bits per heavy atom. The van der Waals surface area contributed by atoms with Gasteiger partial charge in [0.25, 0.3) is 11.8 Å². The highest BCUT2D eigenvalue weighted by atomic mass is 16.2. The van der Waals surface area contributed by atoms with E-state index in [-0.39, 0.29) is 11.6 Å². The zero-order valence-electron chi connectivity index (χ0n) is 20.2. The molecular formula is C32H26N2O2. The van der Waals surface area contributed by atoms with Gasteiger partial charge in [-0.1, -0.05) is 83.9 Å². The van der Waals surface area contributed by atoms with Crippen LogP contribution in [0.1, 0.15) is 27.0 Å². The smallest absolute Gasteiger partial charge is 0.272 e. The Bertz CT molecular complexity index is 1560. The van der Waals surface area contributed by atoms with Gasteiger partial charge in [0.1, 0.15) is 5.70 Å². The maximum Gasteiger partial charge on any atom is 0.272 e. The highest BCUT2D eigenvalue weighted by Gasteiger charge is 2.17. The second-order valence-corrected chi connectivity index (χ2v) is 8.93. The Kier molecular flexibility index (Phi) is 6.33. The van der Waals surface area contributed by atoms with E-state index in [1.54, 1.807) is 18.2 Å². The predicted molar refractivity (Wildman–Crippen MR) is 148 cm³/mol. The van der Waals surface area contributed by atoms with Gasteiger partial charge >= 0.3 is 0 Å². The van der Waals surface area contributed by atoms with Gasteiger partial charge in [-0.15, -0.1) is 0 Å². The van der Waals surface area contributed by atoms with E-state index in [1.807, 2.05) is 86.6 Å². The Labute approximate surface area is 210 Å². The van der Waals surface area contributed by atoms with E-state index in [4.69, 9.17) is 0 Å². The van der Waals surface area contributed by atoms with E-state index in [2.05, 4.69) is 28.8 Å². The average molecular weight is 471 g/mol. The van der Waals surface area contributed by atoms with Crippen molar-refractivity contribution in [2.45, 2.75) is 13.8 Å². The van der Waals surface area contributed by atoms with Crippen LogP contribution in [-0.4, -0.2) is 11.8 Å². The summed E-state index contributed by atoms with van der Waals surface area (Å²) in [6.45, 7) is 3.96. The van der Waals surface area contributed by atoms with Crippen LogP contribution < -0.4 is 10.6 Å². The molecule has 0 aromatic heterocycles. The molecule has 0 radical (unpaired) electrons. The maximum absolute atomic E-state index is 13.5. The fraction of sp³-hybridized carbons (Fsp3) is 0.0625. The topological polar surface area (TPSA) is 58.2 Å². The second-order valence-electron chi connectivity index (χ2n) is 8.93. The third-order valence-corrected chi connectivity index (χ3v) is 6.22. The SMILES string of the molecule is Cc1ccc(NC(=O)/C(=C\c2c3ccccc3cc3ccccc23)NC(=O)c2ccc(C)cc2)cc1. The molecular weight excluding hydrogens is 444 g/mol. The van der Waals surface area contributed by atoms with Crippen LogP contribution in [0.25, 0.3) is 27.6 Å². The van der Waals surface area contributed by atoms with Crippen LogP contribution >= 0.6 is 0 Å². The normalized spacial score (nSPS) is 11.4. The van der Waals surface area contributed by atoms with Crippen LogP contribution in [0.5, 0.6) is 0 Å². The molecule has 0 aliphatic rings. The number of amides is 2. The van der Waals surface area contributed by atoms with Crippen LogP contribution in [0.2, 0.25) is 0 Å². The Morgan fingerprint density at radius 1 is 0.667 bits per heavy atom. The van der Waals surface area contributed by atoms with Gasteiger partial charge in [0, 0.05) is 11.3 Å². The number of anilines is 1. The number of carbonyl (C=O) groups is 2. The first-order valence-corrected chi connectivity index (χ1v) is 11.9. The van der Waals surface area contributed by atoms with Gasteiger partial charge in [-0.25, -0.2) is 0 Å². The van der Waals surface area contributed by atoms with E-state index in [9.17, 15) is 9.59 Å². The molecule has 0 spiro atoms. The lowest BCUT2D eigenvalue weighted by Crippen LogP contribution is -2.30. The zero-order chi connectivity index (χ0) is 25.1. The maximum atomic E-state index is 13.5. The number of hydrogen-bond donors (Lipinski definition) is 2. The minimum absolute atomic E-state index is 0.169. The largest absolute Gasteiger partial charge is 0.321 e. The summed E-state index contributed by atoms with van der Waals surface area (Å²) < 4.78 is 0. The Morgan fingerprint density at radius 2 is 1.19 bits per heavy atom. The number of aryl methyl sites for hydroxylation is 2. The molecule has 2 N–H and O–H groups in total. The lowest BCUT2D eigenvalue weighted by atomic mass is 9.96. The molecule has 2 amide bonds. The fourth-order valence-corrected chi connectivity index (χ4v) is 4.24. The second kappa shape index (κ2) is 9.88. The first-order chi connectivity index (χ1) is 17.5. The van der Waals surface area contributed by atoms with E-state index < -0.39 is 5.91 Å². The molecule has 5 rings (SSSR count). The number of rotatable bonds is 5. The molecule has 0 saturated carbocycles. The highest BCUT2D eigenvalue weighted by molar-refractivity contribution is 6.14. The molecule has 0 unspecified atom stereocenters. The van der Waals surface area contributed by atoms with Crippen molar-refractivity contribution in [3.63, 3.8) is 0 Å². The van der Waals surface area contributed by atoms with Crippen LogP contribution in [0.15, 0.2) is 109 Å². The summed E-state index contributed by atoms with van der Waals surface area (Å²) >= 11 is 0. The quantitative estimate of drug-likeness (QED) is 0.214. The van der Waals surface area contributed by atoms with Crippen molar-refractivity contribution in [1.82, 2.24) is 5.32 Å². The van der Waals surface area contributed by atoms with Gasteiger partial charge in [-0.05, 0) is 77.4 Å². The first kappa shape index (κ1) is 23.1. The lowest BCUT2D eigenvalue weighted by molar-refractivity contribution is -0.113. The van der Waals surface area contributed by atoms with Gasteiger partial charge < -0.3 is 10.6 Å². The number of carbonyl (C=O) groups excluding carboxylic acids is 2. The number of fused-ring (bicyclic) bond motifs is 2. The van der Waals surface area contributed by atoms with Crippen molar-refractivity contribution in [1.29, 1.82) is 0 Å². The third kappa shape index (κ3) is 4.89. The van der Waals surface area contributed by atoms with E-state index in [0.717, 1.165) is 38.2 Å². The molecule has 5 aromatic carbocycles. The molecule has 0 saturated heterocycles. The molecule has 0 aliphatic carbocycles. The summed E-state index contributed by atoms with van der Waals surface area (Å²) in [5.74, 6) is -0.735. The fourth-order valence-electron chi connectivity index (χ4n) is 4.24. The molecule has 0 bridgehead atoms. The van der Waals surface area contributed by atoms with Crippen LogP contribution in [0.4, 0.5) is 5.69 Å². The van der Waals surface area contributed by atoms with Gasteiger partial charge in [0.05, 0.1) is 0 Å². The molecule has 176 valence electrons. The summed E-state index contributed by atoms with van der Waals surface area (Å²) in [6.07, 6.45) is 1.78. The average Bonchev–Trinajstić information content (AvgIpc) is 2.89. The van der Waals surface area contributed by atoms with Crippen molar-refractivity contribution >= 4 is 45.1 Å². The van der Waals surface area contributed by atoms with Crippen molar-refractivity contribution < 1.29 is 9.59 Å². The van der Waals surface area contributed by atoms with Gasteiger partial charge in [0.2, 0.25) is 0 Å². The monoisotopic (exact) mass is 470 g/mol. The van der Waals surface area contributed by atoms with Crippen molar-refractivity contribution in [2.24, 2.45) is 0 Å². The van der Waals surface area contributed by atoms with E-state index >= 15 is 0 Å². The molecule has 4 nitrogen and oxygen atoms in total. The number of hydrogen-bond acceptors (Lipinski definition) is 2. The predicted octanol–water partition coefficient (Wildman–Crippen LogP) is 7.02. The number of benzene rings is 5. The summed E-state index contributed by atoms with van der Waals surface area (Å²) in [6, 6.07) is 33.1. The van der Waals surface area contributed by atoms with Crippen LogP contribution in [-0.2, 0) is 4.79 Å². The van der Waals surface area contributed by atoms with Crippen LogP contribution in [0.3, 0.4) is 0 Å². The van der Waals surface area contributed by atoms with Gasteiger partial charge in [-0.3, -0.25) is 9.59 Å². The summed E-state index contributed by atoms with van der Waals surface area (Å²) in [5.41, 5.74) is 4.34. The standard InChI is InChI=1S/C32H26N2O2/c1-21-11-15-23(16-12-21)31(35)34-30(32(36)33-26-17-13-22(2)14-18-26)20-29-27-9-5-3-7-24(27)19-25-8-4-6-10-28(25)29/h3-20H,1-2H3,(H,33,36)(H,34,35)/b30-20+. The lowest BCUT2D eigenvalue weighted by Gasteiger charge is -2.14. The van der Waals surface area contributed by atoms with Crippen LogP contribution in [0, 0.1) is 13.8 Å². The van der Waals surface area contributed by atoms with Crippen molar-refractivity contribution in [3.05, 3.63) is 131 Å². The molecule has 5 aromatic rings.